The molecule has 7 atom stereocenters. The molecule has 2 amide bonds. The van der Waals surface area contributed by atoms with Gasteiger partial charge < -0.3 is 45.3 Å². The molecule has 202 valence electrons. The van der Waals surface area contributed by atoms with Gasteiger partial charge in [-0.1, -0.05) is 6.92 Å². The molecule has 2 aliphatic rings. The number of esters is 1. The van der Waals surface area contributed by atoms with E-state index in [4.69, 9.17) is 24.7 Å². The van der Waals surface area contributed by atoms with Crippen molar-refractivity contribution in [2.45, 2.75) is 82.8 Å². The second kappa shape index (κ2) is 13.0. The van der Waals surface area contributed by atoms with Crippen LogP contribution in [-0.2, 0) is 33.3 Å². The molecule has 0 aromatic carbocycles. The van der Waals surface area contributed by atoms with Crippen LogP contribution in [0.2, 0.25) is 0 Å². The summed E-state index contributed by atoms with van der Waals surface area (Å²) < 4.78 is 20.8. The normalized spacial score (nSPS) is 29.1. The number of carbonyl (C=O) groups excluding carboxylic acids is 3. The summed E-state index contributed by atoms with van der Waals surface area (Å²) in [7, 11) is 0. The summed E-state index contributed by atoms with van der Waals surface area (Å²) in [4.78, 5) is 51.3. The molecule has 1 saturated heterocycles. The number of carbonyl (C=O) groups is 4. The first-order valence-corrected chi connectivity index (χ1v) is 11.3. The van der Waals surface area contributed by atoms with E-state index in [0.717, 1.165) is 6.08 Å². The van der Waals surface area contributed by atoms with E-state index in [0.29, 0.717) is 6.42 Å². The SMILES string of the molecule is CCCC(=O)OC(C)OC(=O)NC(N)=N[C@H]1C=C(C(=O)O)O[C@@H]([C@@H]2OCC[C@@H](O)[C@H]2O)[C@@H]1NC(C)=O. The minimum Gasteiger partial charge on any atom is -0.478 e. The van der Waals surface area contributed by atoms with Crippen molar-refractivity contribution >= 4 is 29.9 Å². The van der Waals surface area contributed by atoms with Gasteiger partial charge in [-0.2, -0.15) is 0 Å². The highest BCUT2D eigenvalue weighted by molar-refractivity contribution is 5.93. The van der Waals surface area contributed by atoms with E-state index in [1.165, 1.54) is 13.8 Å². The minimum absolute atomic E-state index is 0.0478. The third kappa shape index (κ3) is 8.07. The maximum Gasteiger partial charge on any atom is 0.417 e. The average molecular weight is 517 g/mol. The molecule has 1 unspecified atom stereocenters. The van der Waals surface area contributed by atoms with E-state index in [2.05, 4.69) is 15.6 Å². The Bertz CT molecular complexity index is 893. The number of aliphatic hydroxyl groups excluding tert-OH is 2. The third-order valence-corrected chi connectivity index (χ3v) is 5.21. The second-order valence-electron chi connectivity index (χ2n) is 8.17. The van der Waals surface area contributed by atoms with Crippen molar-refractivity contribution in [3.8, 4) is 0 Å². The second-order valence-corrected chi connectivity index (χ2v) is 8.17. The molecule has 2 rings (SSSR count). The predicted molar refractivity (Wildman–Crippen MR) is 120 cm³/mol. The van der Waals surface area contributed by atoms with Gasteiger partial charge in [0.2, 0.25) is 18.0 Å². The van der Waals surface area contributed by atoms with E-state index >= 15 is 0 Å². The number of nitrogens with zero attached hydrogens (tertiary/aromatic N) is 1. The zero-order chi connectivity index (χ0) is 27.0. The molecular formula is C21H32N4O11. The van der Waals surface area contributed by atoms with Crippen LogP contribution in [0.15, 0.2) is 16.8 Å². The van der Waals surface area contributed by atoms with Gasteiger partial charge in [0.05, 0.1) is 18.2 Å². The van der Waals surface area contributed by atoms with Crippen LogP contribution in [-0.4, -0.2) is 94.6 Å². The number of carboxylic acid groups (broad SMARTS) is 1. The monoisotopic (exact) mass is 516 g/mol. The molecule has 0 spiro atoms. The Kier molecular flexibility index (Phi) is 10.4. The lowest BCUT2D eigenvalue weighted by Gasteiger charge is -2.43. The average Bonchev–Trinajstić information content (AvgIpc) is 2.76. The van der Waals surface area contributed by atoms with Gasteiger partial charge in [0, 0.05) is 26.9 Å². The van der Waals surface area contributed by atoms with E-state index in [9.17, 15) is 34.5 Å². The standard InChI is InChI=1S/C21H32N4O11/c1-4-5-14(28)34-10(3)35-21(32)25-20(22)24-11-8-13(19(30)31)36-17(15(11)23-9(2)26)18-16(29)12(27)6-7-33-18/h8,10-12,15-18,27,29H,4-7H2,1-3H3,(H,23,26)(H,30,31)(H3,22,24,25,32)/t10?,11-,12+,15+,16+,17+,18+/m0/s1. The minimum atomic E-state index is -1.47. The predicted octanol–water partition coefficient (Wildman–Crippen LogP) is -1.53. The van der Waals surface area contributed by atoms with Gasteiger partial charge in [0.1, 0.15) is 12.2 Å². The van der Waals surface area contributed by atoms with Crippen molar-refractivity contribution in [3.63, 3.8) is 0 Å². The third-order valence-electron chi connectivity index (χ3n) is 5.21. The summed E-state index contributed by atoms with van der Waals surface area (Å²) in [5.41, 5.74) is 5.80. The maximum atomic E-state index is 12.1. The molecule has 0 saturated carbocycles. The number of guanidine groups is 1. The first kappa shape index (κ1) is 28.8. The van der Waals surface area contributed by atoms with Crippen molar-refractivity contribution in [2.24, 2.45) is 10.7 Å². The molecule has 2 heterocycles. The number of alkyl carbamates (subject to hydrolysis) is 1. The topological polar surface area (TPSA) is 228 Å². The number of hydrogen-bond acceptors (Lipinski definition) is 11. The lowest BCUT2D eigenvalue weighted by atomic mass is 9.88. The smallest absolute Gasteiger partial charge is 0.417 e. The summed E-state index contributed by atoms with van der Waals surface area (Å²) in [5.74, 6) is -3.66. The van der Waals surface area contributed by atoms with Crippen LogP contribution < -0.4 is 16.4 Å². The van der Waals surface area contributed by atoms with E-state index < -0.39 is 78.4 Å². The summed E-state index contributed by atoms with van der Waals surface area (Å²) in [6.45, 7) is 4.34. The molecule has 15 nitrogen and oxygen atoms in total. The first-order valence-electron chi connectivity index (χ1n) is 11.3. The molecule has 1 fully saturated rings. The Hall–Kier alpha value is -3.43. The Balaban J connectivity index is 2.24. The van der Waals surface area contributed by atoms with Gasteiger partial charge in [-0.3, -0.25) is 14.9 Å². The molecule has 7 N–H and O–H groups in total. The molecule has 36 heavy (non-hydrogen) atoms. The number of hydrogen-bond donors (Lipinski definition) is 6. The van der Waals surface area contributed by atoms with Crippen LogP contribution in [0.4, 0.5) is 4.79 Å². The fourth-order valence-electron chi connectivity index (χ4n) is 3.68. The molecule has 0 aromatic rings. The lowest BCUT2D eigenvalue weighted by Crippen LogP contribution is -2.62. The number of nitrogens with two attached hydrogens (primary N) is 1. The Morgan fingerprint density at radius 3 is 2.56 bits per heavy atom. The lowest BCUT2D eigenvalue weighted by molar-refractivity contribution is -0.185. The number of aliphatic hydroxyl groups is 2. The van der Waals surface area contributed by atoms with Crippen LogP contribution >= 0.6 is 0 Å². The number of aliphatic imine (C=N–C) groups is 1. The van der Waals surface area contributed by atoms with Crippen LogP contribution in [0.1, 0.15) is 40.0 Å². The fourth-order valence-corrected chi connectivity index (χ4v) is 3.68. The highest BCUT2D eigenvalue weighted by Gasteiger charge is 2.47. The molecule has 2 aliphatic heterocycles. The van der Waals surface area contributed by atoms with E-state index in [1.54, 1.807) is 6.92 Å². The van der Waals surface area contributed by atoms with Gasteiger partial charge >= 0.3 is 18.0 Å². The van der Waals surface area contributed by atoms with Gasteiger partial charge in [-0.15, -0.1) is 0 Å². The number of amides is 2. The number of aliphatic carboxylic acids is 1. The summed E-state index contributed by atoms with van der Waals surface area (Å²) in [5, 5.41) is 34.7. The van der Waals surface area contributed by atoms with Crippen LogP contribution in [0, 0.1) is 0 Å². The summed E-state index contributed by atoms with van der Waals surface area (Å²) >= 11 is 0. The van der Waals surface area contributed by atoms with Crippen LogP contribution in [0.3, 0.4) is 0 Å². The van der Waals surface area contributed by atoms with Gasteiger partial charge in [-0.05, 0) is 18.9 Å². The van der Waals surface area contributed by atoms with E-state index in [1.807, 2.05) is 0 Å². The maximum absolute atomic E-state index is 12.1. The Morgan fingerprint density at radius 1 is 1.25 bits per heavy atom. The summed E-state index contributed by atoms with van der Waals surface area (Å²) in [6, 6.07) is -2.31. The number of nitrogens with one attached hydrogen (secondary N) is 2. The van der Waals surface area contributed by atoms with Gasteiger partial charge in [0.15, 0.2) is 12.1 Å². The van der Waals surface area contributed by atoms with Crippen molar-refractivity contribution in [2.75, 3.05) is 6.61 Å². The van der Waals surface area contributed by atoms with Crippen molar-refractivity contribution in [3.05, 3.63) is 11.8 Å². The van der Waals surface area contributed by atoms with Crippen molar-refractivity contribution < 1.29 is 53.4 Å². The molecular weight excluding hydrogens is 484 g/mol. The molecule has 0 radical (unpaired) electrons. The van der Waals surface area contributed by atoms with Crippen LogP contribution in [0.25, 0.3) is 0 Å². The summed E-state index contributed by atoms with van der Waals surface area (Å²) in [6.07, 6.45) is -5.55. The largest absolute Gasteiger partial charge is 0.478 e. The zero-order valence-corrected chi connectivity index (χ0v) is 20.1. The molecule has 15 heteroatoms. The first-order chi connectivity index (χ1) is 16.9. The highest BCUT2D eigenvalue weighted by Crippen LogP contribution is 2.29. The van der Waals surface area contributed by atoms with Crippen LogP contribution in [0.5, 0.6) is 0 Å². The molecule has 0 aliphatic carbocycles. The fraction of sp³-hybridized carbons (Fsp3) is 0.667. The van der Waals surface area contributed by atoms with Crippen molar-refractivity contribution in [1.82, 2.24) is 10.6 Å². The quantitative estimate of drug-likeness (QED) is 0.0934. The molecule has 0 bridgehead atoms. The number of carboxylic acids is 1. The van der Waals surface area contributed by atoms with Crippen molar-refractivity contribution in [1.29, 1.82) is 0 Å². The highest BCUT2D eigenvalue weighted by atomic mass is 16.7. The van der Waals surface area contributed by atoms with Gasteiger partial charge in [0.25, 0.3) is 0 Å². The molecule has 0 aromatic heterocycles. The van der Waals surface area contributed by atoms with E-state index in [-0.39, 0.29) is 19.4 Å². The number of rotatable bonds is 8. The Morgan fingerprint density at radius 2 is 1.94 bits per heavy atom. The zero-order valence-electron chi connectivity index (χ0n) is 20.1. The van der Waals surface area contributed by atoms with Gasteiger partial charge in [-0.25, -0.2) is 14.6 Å². The number of ether oxygens (including phenoxy) is 4. The Labute approximate surface area is 206 Å².